The molecule has 0 atom stereocenters. The fraction of sp³-hybridized carbons (Fsp3) is 0.222. The Morgan fingerprint density at radius 2 is 2.13 bits per heavy atom. The van der Waals surface area contributed by atoms with E-state index in [1.807, 2.05) is 0 Å². The molecule has 1 N–H and O–H groups in total. The number of carbonyl (C=O) groups is 1. The van der Waals surface area contributed by atoms with Gasteiger partial charge in [-0.3, -0.25) is 4.79 Å². The standard InChI is InChI=1S/C9H10ClNO3S/c1-2-11-9(12)6-3-4-7(10)8(5-6)15(13)14/h3-5,15H,2H2,1H3,(H,11,12). The van der Waals surface area contributed by atoms with Crippen molar-refractivity contribution in [1.82, 2.24) is 5.32 Å². The van der Waals surface area contributed by atoms with E-state index in [4.69, 9.17) is 11.6 Å². The molecule has 0 aliphatic heterocycles. The van der Waals surface area contributed by atoms with Crippen LogP contribution in [0, 0.1) is 0 Å². The number of benzene rings is 1. The number of rotatable bonds is 3. The first-order chi connectivity index (χ1) is 7.06. The highest BCUT2D eigenvalue weighted by Crippen LogP contribution is 2.18. The third kappa shape index (κ3) is 2.94. The Balaban J connectivity index is 3.13. The minimum absolute atomic E-state index is 0.0320. The summed E-state index contributed by atoms with van der Waals surface area (Å²) in [6.07, 6.45) is 0. The van der Waals surface area contributed by atoms with Crippen molar-refractivity contribution in [2.45, 2.75) is 11.8 Å². The van der Waals surface area contributed by atoms with Gasteiger partial charge in [-0.05, 0) is 25.1 Å². The fourth-order valence-corrected chi connectivity index (χ4v) is 1.87. The number of carbonyl (C=O) groups excluding carboxylic acids is 1. The molecule has 4 nitrogen and oxygen atoms in total. The van der Waals surface area contributed by atoms with Crippen LogP contribution in [0.25, 0.3) is 0 Å². The van der Waals surface area contributed by atoms with Crippen molar-refractivity contribution in [2.75, 3.05) is 6.54 Å². The van der Waals surface area contributed by atoms with E-state index in [2.05, 4.69) is 5.32 Å². The van der Waals surface area contributed by atoms with E-state index in [0.717, 1.165) is 0 Å². The highest BCUT2D eigenvalue weighted by atomic mass is 35.5. The predicted octanol–water partition coefficient (Wildman–Crippen LogP) is 1.06. The maximum Gasteiger partial charge on any atom is 0.251 e. The quantitative estimate of drug-likeness (QED) is 0.785. The lowest BCUT2D eigenvalue weighted by Crippen LogP contribution is -2.22. The average Bonchev–Trinajstić information content (AvgIpc) is 2.18. The van der Waals surface area contributed by atoms with Gasteiger partial charge in [0, 0.05) is 12.1 Å². The molecule has 0 bridgehead atoms. The second-order valence-corrected chi connectivity index (χ2v) is 4.19. The molecule has 0 spiro atoms. The van der Waals surface area contributed by atoms with Crippen molar-refractivity contribution in [2.24, 2.45) is 0 Å². The molecule has 0 saturated heterocycles. The number of halogens is 1. The summed E-state index contributed by atoms with van der Waals surface area (Å²) < 4.78 is 21.6. The van der Waals surface area contributed by atoms with E-state index >= 15 is 0 Å². The summed E-state index contributed by atoms with van der Waals surface area (Å²) in [5.41, 5.74) is 0.287. The maximum absolute atomic E-state index is 11.4. The van der Waals surface area contributed by atoms with Gasteiger partial charge in [-0.2, -0.15) is 0 Å². The predicted molar refractivity (Wildman–Crippen MR) is 58.0 cm³/mol. The summed E-state index contributed by atoms with van der Waals surface area (Å²) in [6, 6.07) is 4.14. The number of hydrogen-bond acceptors (Lipinski definition) is 3. The highest BCUT2D eigenvalue weighted by Gasteiger charge is 2.09. The highest BCUT2D eigenvalue weighted by molar-refractivity contribution is 7.72. The Kier molecular flexibility index (Phi) is 4.11. The Labute approximate surface area is 94.2 Å². The molecule has 15 heavy (non-hydrogen) atoms. The zero-order valence-electron chi connectivity index (χ0n) is 7.99. The molecular formula is C9H10ClNO3S. The summed E-state index contributed by atoms with van der Waals surface area (Å²) in [4.78, 5) is 11.3. The summed E-state index contributed by atoms with van der Waals surface area (Å²) in [5.74, 6) is -0.313. The van der Waals surface area contributed by atoms with Crippen molar-refractivity contribution in [3.63, 3.8) is 0 Å². The molecule has 1 rings (SSSR count). The van der Waals surface area contributed by atoms with Gasteiger partial charge in [-0.1, -0.05) is 11.6 Å². The van der Waals surface area contributed by atoms with E-state index in [1.54, 1.807) is 6.92 Å². The summed E-state index contributed by atoms with van der Waals surface area (Å²) >= 11 is 5.66. The minimum atomic E-state index is -2.78. The molecule has 6 heteroatoms. The molecule has 0 fully saturated rings. The first kappa shape index (κ1) is 12.0. The molecule has 1 aromatic carbocycles. The van der Waals surface area contributed by atoms with E-state index in [1.165, 1.54) is 18.2 Å². The van der Waals surface area contributed by atoms with Gasteiger partial charge in [0.15, 0.2) is 10.7 Å². The third-order valence-electron chi connectivity index (χ3n) is 1.74. The van der Waals surface area contributed by atoms with Crippen molar-refractivity contribution in [3.8, 4) is 0 Å². The first-order valence-corrected chi connectivity index (χ1v) is 5.84. The molecule has 0 unspecified atom stereocenters. The van der Waals surface area contributed by atoms with E-state index in [0.29, 0.717) is 6.54 Å². The van der Waals surface area contributed by atoms with E-state index in [9.17, 15) is 13.2 Å². The van der Waals surface area contributed by atoms with Crippen LogP contribution in [-0.4, -0.2) is 20.9 Å². The molecule has 1 amide bonds. The van der Waals surface area contributed by atoms with Gasteiger partial charge in [0.1, 0.15) is 0 Å². The molecule has 0 radical (unpaired) electrons. The van der Waals surface area contributed by atoms with Gasteiger partial charge in [-0.15, -0.1) is 0 Å². The molecule has 0 aromatic heterocycles. The molecule has 0 aliphatic carbocycles. The van der Waals surface area contributed by atoms with Crippen LogP contribution in [0.5, 0.6) is 0 Å². The van der Waals surface area contributed by atoms with Gasteiger partial charge in [0.2, 0.25) is 0 Å². The monoisotopic (exact) mass is 247 g/mol. The van der Waals surface area contributed by atoms with Crippen LogP contribution in [0.3, 0.4) is 0 Å². The number of amides is 1. The second-order valence-electron chi connectivity index (χ2n) is 2.78. The van der Waals surface area contributed by atoms with Crippen LogP contribution < -0.4 is 5.32 Å². The van der Waals surface area contributed by atoms with Crippen LogP contribution in [0.15, 0.2) is 23.1 Å². The number of hydrogen-bond donors (Lipinski definition) is 2. The molecule has 1 aromatic rings. The molecule has 82 valence electrons. The Hall–Kier alpha value is -1.07. The maximum atomic E-state index is 11.4. The summed E-state index contributed by atoms with van der Waals surface area (Å²) in [5, 5.41) is 2.69. The van der Waals surface area contributed by atoms with Crippen molar-refractivity contribution in [1.29, 1.82) is 0 Å². The lowest BCUT2D eigenvalue weighted by atomic mass is 10.2. The lowest BCUT2D eigenvalue weighted by Gasteiger charge is -2.03. The Morgan fingerprint density at radius 1 is 1.47 bits per heavy atom. The molecule has 0 heterocycles. The van der Waals surface area contributed by atoms with Gasteiger partial charge >= 0.3 is 0 Å². The first-order valence-electron chi connectivity index (χ1n) is 4.28. The number of nitrogens with one attached hydrogen (secondary N) is 1. The van der Waals surface area contributed by atoms with E-state index < -0.39 is 10.7 Å². The zero-order chi connectivity index (χ0) is 11.4. The molecular weight excluding hydrogens is 238 g/mol. The van der Waals surface area contributed by atoms with Crippen molar-refractivity contribution < 1.29 is 13.2 Å². The zero-order valence-corrected chi connectivity index (χ0v) is 9.64. The topological polar surface area (TPSA) is 63.2 Å². The fourth-order valence-electron chi connectivity index (χ4n) is 1.06. The smallest absolute Gasteiger partial charge is 0.251 e. The van der Waals surface area contributed by atoms with Crippen LogP contribution in [0.1, 0.15) is 17.3 Å². The average molecular weight is 248 g/mol. The van der Waals surface area contributed by atoms with Crippen LogP contribution in [-0.2, 0) is 10.7 Å². The minimum Gasteiger partial charge on any atom is -0.352 e. The van der Waals surface area contributed by atoms with Crippen molar-refractivity contribution in [3.05, 3.63) is 28.8 Å². The largest absolute Gasteiger partial charge is 0.352 e. The lowest BCUT2D eigenvalue weighted by molar-refractivity contribution is 0.0955. The Bertz CT molecular complexity index is 449. The third-order valence-corrected chi connectivity index (χ3v) is 2.97. The van der Waals surface area contributed by atoms with Gasteiger partial charge in [0.25, 0.3) is 5.91 Å². The Morgan fingerprint density at radius 3 is 2.67 bits per heavy atom. The van der Waals surface area contributed by atoms with Gasteiger partial charge in [-0.25, -0.2) is 8.42 Å². The van der Waals surface area contributed by atoms with Crippen LogP contribution in [0.2, 0.25) is 5.02 Å². The molecule has 0 saturated carbocycles. The van der Waals surface area contributed by atoms with Crippen LogP contribution >= 0.6 is 11.6 Å². The second kappa shape index (κ2) is 5.14. The van der Waals surface area contributed by atoms with E-state index in [-0.39, 0.29) is 21.4 Å². The van der Waals surface area contributed by atoms with Crippen molar-refractivity contribution >= 4 is 28.2 Å². The SMILES string of the molecule is CCNC(=O)c1ccc(Cl)c([SH](=O)=O)c1. The summed E-state index contributed by atoms with van der Waals surface area (Å²) in [7, 11) is -2.78. The normalized spacial score (nSPS) is 10.3. The molecule has 0 aliphatic rings. The van der Waals surface area contributed by atoms with Crippen LogP contribution in [0.4, 0.5) is 0 Å². The summed E-state index contributed by atoms with van der Waals surface area (Å²) in [6.45, 7) is 2.27. The van der Waals surface area contributed by atoms with Gasteiger partial charge in [0.05, 0.1) is 9.92 Å². The van der Waals surface area contributed by atoms with Gasteiger partial charge < -0.3 is 5.32 Å². The number of thiol groups is 1.